The van der Waals surface area contributed by atoms with Crippen molar-refractivity contribution in [2.24, 2.45) is 0 Å². The smallest absolute Gasteiger partial charge is 0.384 e. The summed E-state index contributed by atoms with van der Waals surface area (Å²) < 4.78 is 28.8. The molecule has 26 heavy (non-hydrogen) atoms. The molecule has 0 saturated heterocycles. The number of hydrogen-bond acceptors (Lipinski definition) is 7. The van der Waals surface area contributed by atoms with Crippen LogP contribution in [0, 0.1) is 0 Å². The summed E-state index contributed by atoms with van der Waals surface area (Å²) in [4.78, 5) is 8.39. The number of pyridine rings is 1. The molecule has 0 aliphatic rings. The summed E-state index contributed by atoms with van der Waals surface area (Å²) in [5.74, 6) is 0.491. The first kappa shape index (κ1) is 18.6. The number of rotatable bonds is 7. The molecule has 2 heterocycles. The molecule has 0 atom stereocenters. The standard InChI is InChI=1S/C17H17ClN3O4P/c1-23-26(22,24-2)17-16(20-11-12-4-3-9-19-10-12)25-15(21-17)13-5-7-14(18)8-6-13/h3-10,20H,11H2,1-2H3. The molecule has 3 aromatic rings. The number of oxazole rings is 1. The quantitative estimate of drug-likeness (QED) is 0.604. The Hall–Kier alpha value is -2.18. The fourth-order valence-corrected chi connectivity index (χ4v) is 3.47. The number of aromatic nitrogens is 2. The van der Waals surface area contributed by atoms with Gasteiger partial charge in [0.1, 0.15) is 0 Å². The van der Waals surface area contributed by atoms with Gasteiger partial charge in [-0.25, -0.2) is 0 Å². The average molecular weight is 394 g/mol. The minimum Gasteiger partial charge on any atom is -0.420 e. The van der Waals surface area contributed by atoms with Gasteiger partial charge in [0.15, 0.2) is 0 Å². The highest BCUT2D eigenvalue weighted by Gasteiger charge is 2.34. The van der Waals surface area contributed by atoms with Gasteiger partial charge in [0, 0.05) is 43.7 Å². The lowest BCUT2D eigenvalue weighted by Crippen LogP contribution is -2.14. The number of benzene rings is 1. The Morgan fingerprint density at radius 1 is 1.19 bits per heavy atom. The molecular formula is C17H17ClN3O4P. The molecule has 0 amide bonds. The van der Waals surface area contributed by atoms with Gasteiger partial charge < -0.3 is 18.8 Å². The molecule has 1 N–H and O–H groups in total. The van der Waals surface area contributed by atoms with Crippen LogP contribution in [0.3, 0.4) is 0 Å². The van der Waals surface area contributed by atoms with Gasteiger partial charge in [-0.15, -0.1) is 0 Å². The third-order valence-corrected chi connectivity index (χ3v) is 5.65. The molecule has 3 rings (SSSR count). The van der Waals surface area contributed by atoms with Gasteiger partial charge in [-0.05, 0) is 35.9 Å². The molecule has 0 saturated carbocycles. The van der Waals surface area contributed by atoms with Crippen LogP contribution in [-0.2, 0) is 20.2 Å². The van der Waals surface area contributed by atoms with Crippen LogP contribution in [0.25, 0.3) is 11.5 Å². The van der Waals surface area contributed by atoms with Crippen LogP contribution >= 0.6 is 19.2 Å². The summed E-state index contributed by atoms with van der Waals surface area (Å²) in [5, 5.41) is 3.67. The second-order valence-corrected chi connectivity index (χ2v) is 7.84. The largest absolute Gasteiger partial charge is 0.420 e. The van der Waals surface area contributed by atoms with Crippen LogP contribution in [0.4, 0.5) is 5.88 Å². The molecule has 0 radical (unpaired) electrons. The first-order chi connectivity index (χ1) is 12.6. The average Bonchev–Trinajstić information content (AvgIpc) is 3.12. The minimum atomic E-state index is -3.61. The molecule has 9 heteroatoms. The third-order valence-electron chi connectivity index (χ3n) is 3.62. The van der Waals surface area contributed by atoms with Crippen molar-refractivity contribution in [1.82, 2.24) is 9.97 Å². The summed E-state index contributed by atoms with van der Waals surface area (Å²) in [6.45, 7) is 0.406. The van der Waals surface area contributed by atoms with Crippen LogP contribution in [0.2, 0.25) is 5.02 Å². The van der Waals surface area contributed by atoms with Crippen molar-refractivity contribution in [3.05, 3.63) is 59.4 Å². The Morgan fingerprint density at radius 3 is 2.54 bits per heavy atom. The van der Waals surface area contributed by atoms with Crippen molar-refractivity contribution in [1.29, 1.82) is 0 Å². The first-order valence-electron chi connectivity index (χ1n) is 7.67. The lowest BCUT2D eigenvalue weighted by atomic mass is 10.2. The zero-order valence-electron chi connectivity index (χ0n) is 14.2. The van der Waals surface area contributed by atoms with Crippen molar-refractivity contribution < 1.29 is 18.0 Å². The first-order valence-corrected chi connectivity index (χ1v) is 9.59. The highest BCUT2D eigenvalue weighted by Crippen LogP contribution is 2.47. The molecule has 2 aromatic heterocycles. The Morgan fingerprint density at radius 2 is 1.92 bits per heavy atom. The van der Waals surface area contributed by atoms with E-state index in [1.165, 1.54) is 14.2 Å². The molecule has 7 nitrogen and oxygen atoms in total. The number of halogens is 1. The molecule has 0 aliphatic carbocycles. The molecular weight excluding hydrogens is 377 g/mol. The van der Waals surface area contributed by atoms with Crippen molar-refractivity contribution in [3.63, 3.8) is 0 Å². The van der Waals surface area contributed by atoms with E-state index >= 15 is 0 Å². The highest BCUT2D eigenvalue weighted by molar-refractivity contribution is 7.62. The lowest BCUT2D eigenvalue weighted by molar-refractivity contribution is 0.286. The zero-order valence-corrected chi connectivity index (χ0v) is 15.8. The van der Waals surface area contributed by atoms with E-state index in [1.807, 2.05) is 12.1 Å². The molecule has 136 valence electrons. The van der Waals surface area contributed by atoms with Gasteiger partial charge in [-0.2, -0.15) is 4.98 Å². The molecule has 0 fully saturated rings. The second-order valence-electron chi connectivity index (χ2n) is 5.26. The number of anilines is 1. The maximum atomic E-state index is 12.8. The lowest BCUT2D eigenvalue weighted by Gasteiger charge is -2.12. The summed E-state index contributed by atoms with van der Waals surface area (Å²) in [7, 11) is -1.02. The summed E-state index contributed by atoms with van der Waals surface area (Å²) in [6.07, 6.45) is 3.40. The summed E-state index contributed by atoms with van der Waals surface area (Å²) in [6, 6.07) is 10.7. The van der Waals surface area contributed by atoms with Crippen LogP contribution in [0.15, 0.2) is 53.2 Å². The van der Waals surface area contributed by atoms with E-state index in [0.717, 1.165) is 5.56 Å². The van der Waals surface area contributed by atoms with Gasteiger partial charge in [0.2, 0.25) is 17.2 Å². The molecule has 0 unspecified atom stereocenters. The SMILES string of the molecule is COP(=O)(OC)c1nc(-c2ccc(Cl)cc2)oc1NCc1cccnc1. The van der Waals surface area contributed by atoms with Crippen LogP contribution in [-0.4, -0.2) is 24.2 Å². The number of hydrogen-bond donors (Lipinski definition) is 1. The fraction of sp³-hybridized carbons (Fsp3) is 0.176. The molecule has 0 spiro atoms. The van der Waals surface area contributed by atoms with Crippen LogP contribution in [0.1, 0.15) is 5.56 Å². The predicted octanol–water partition coefficient (Wildman–Crippen LogP) is 4.11. The van der Waals surface area contributed by atoms with Gasteiger partial charge in [0.25, 0.3) is 0 Å². The second kappa shape index (κ2) is 8.01. The van der Waals surface area contributed by atoms with Gasteiger partial charge in [0.05, 0.1) is 0 Å². The van der Waals surface area contributed by atoms with Crippen molar-refractivity contribution in [2.75, 3.05) is 19.5 Å². The Balaban J connectivity index is 1.97. The third kappa shape index (κ3) is 3.97. The molecule has 0 aliphatic heterocycles. The Bertz CT molecular complexity index is 908. The molecule has 1 aromatic carbocycles. The van der Waals surface area contributed by atoms with E-state index < -0.39 is 7.60 Å². The van der Waals surface area contributed by atoms with Crippen LogP contribution < -0.4 is 10.8 Å². The maximum absolute atomic E-state index is 12.8. The van der Waals surface area contributed by atoms with Crippen molar-refractivity contribution in [2.45, 2.75) is 6.54 Å². The van der Waals surface area contributed by atoms with Crippen LogP contribution in [0.5, 0.6) is 0 Å². The maximum Gasteiger partial charge on any atom is 0.384 e. The Labute approximate surface area is 155 Å². The van der Waals surface area contributed by atoms with E-state index in [4.69, 9.17) is 25.1 Å². The van der Waals surface area contributed by atoms with E-state index in [1.54, 1.807) is 36.7 Å². The van der Waals surface area contributed by atoms with E-state index in [9.17, 15) is 4.57 Å². The monoisotopic (exact) mass is 393 g/mol. The van der Waals surface area contributed by atoms with E-state index in [-0.39, 0.29) is 17.2 Å². The van der Waals surface area contributed by atoms with E-state index in [2.05, 4.69) is 15.3 Å². The summed E-state index contributed by atoms with van der Waals surface area (Å²) in [5.41, 5.74) is 1.69. The van der Waals surface area contributed by atoms with Gasteiger partial charge in [-0.3, -0.25) is 9.55 Å². The Kier molecular flexibility index (Phi) is 5.74. The fourth-order valence-electron chi connectivity index (χ4n) is 2.26. The predicted molar refractivity (Wildman–Crippen MR) is 99.8 cm³/mol. The van der Waals surface area contributed by atoms with E-state index in [0.29, 0.717) is 17.1 Å². The van der Waals surface area contributed by atoms with Gasteiger partial charge >= 0.3 is 7.60 Å². The molecule has 0 bridgehead atoms. The minimum absolute atomic E-state index is 0.0799. The zero-order chi connectivity index (χ0) is 18.6. The van der Waals surface area contributed by atoms with Gasteiger partial charge in [-0.1, -0.05) is 17.7 Å². The van der Waals surface area contributed by atoms with Crippen molar-refractivity contribution >= 4 is 30.5 Å². The highest BCUT2D eigenvalue weighted by atomic mass is 35.5. The topological polar surface area (TPSA) is 86.5 Å². The number of nitrogens with one attached hydrogen (secondary N) is 1. The normalized spacial score (nSPS) is 11.5. The van der Waals surface area contributed by atoms with Crippen molar-refractivity contribution in [3.8, 4) is 11.5 Å². The summed E-state index contributed by atoms with van der Waals surface area (Å²) >= 11 is 5.92. The number of nitrogens with zero attached hydrogens (tertiary/aromatic N) is 2.